The van der Waals surface area contributed by atoms with Gasteiger partial charge in [0, 0.05) is 11.3 Å². The van der Waals surface area contributed by atoms with Crippen molar-refractivity contribution >= 4 is 18.6 Å². The summed E-state index contributed by atoms with van der Waals surface area (Å²) in [5, 5.41) is 8.92. The summed E-state index contributed by atoms with van der Waals surface area (Å²) in [5.74, 6) is 0.383. The van der Waals surface area contributed by atoms with Crippen LogP contribution in [0.2, 0.25) is 0 Å². The van der Waals surface area contributed by atoms with E-state index in [2.05, 4.69) is 18.7 Å². The van der Waals surface area contributed by atoms with Crippen LogP contribution in [0.25, 0.3) is 11.1 Å². The number of nitriles is 1. The van der Waals surface area contributed by atoms with Gasteiger partial charge in [-0.15, -0.1) is 12.6 Å². The number of benzene rings is 3. The van der Waals surface area contributed by atoms with Crippen molar-refractivity contribution in [2.45, 2.75) is 43.8 Å². The number of nitrogens with zero attached hydrogens (tertiary/aromatic N) is 1. The zero-order valence-corrected chi connectivity index (χ0v) is 18.7. The second-order valence-corrected chi connectivity index (χ2v) is 8.56. The summed E-state index contributed by atoms with van der Waals surface area (Å²) in [5.41, 5.74) is 2.54. The van der Waals surface area contributed by atoms with Crippen molar-refractivity contribution in [3.8, 4) is 22.9 Å². The normalized spacial score (nSPS) is 12.0. The van der Waals surface area contributed by atoms with Crippen molar-refractivity contribution in [3.05, 3.63) is 83.9 Å². The average Bonchev–Trinajstić information content (AvgIpc) is 2.74. The molecule has 0 bridgehead atoms. The van der Waals surface area contributed by atoms with E-state index in [-0.39, 0.29) is 12.1 Å². The first-order chi connectivity index (χ1) is 14.8. The first-order valence-electron chi connectivity index (χ1n) is 10.1. The van der Waals surface area contributed by atoms with Crippen LogP contribution in [0.15, 0.2) is 77.7 Å². The molecule has 0 heterocycles. The molecule has 158 valence electrons. The van der Waals surface area contributed by atoms with Gasteiger partial charge in [-0.3, -0.25) is 0 Å². The number of hydrogen-bond donors (Lipinski definition) is 1. The summed E-state index contributed by atoms with van der Waals surface area (Å²) < 4.78 is 11.7. The predicted octanol–water partition coefficient (Wildman–Crippen LogP) is 6.31. The van der Waals surface area contributed by atoms with Crippen molar-refractivity contribution in [1.29, 1.82) is 5.26 Å². The lowest BCUT2D eigenvalue weighted by molar-refractivity contribution is -0.0180. The van der Waals surface area contributed by atoms with Crippen molar-refractivity contribution in [2.24, 2.45) is 0 Å². The van der Waals surface area contributed by atoms with Crippen molar-refractivity contribution in [1.82, 2.24) is 0 Å². The molecule has 0 fully saturated rings. The van der Waals surface area contributed by atoms with Gasteiger partial charge in [0.1, 0.15) is 11.4 Å². The summed E-state index contributed by atoms with van der Waals surface area (Å²) >= 11 is 4.23. The van der Waals surface area contributed by atoms with Crippen LogP contribution in [-0.2, 0) is 4.74 Å². The fourth-order valence-electron chi connectivity index (χ4n) is 3.38. The third kappa shape index (κ3) is 6.37. The molecule has 0 aliphatic carbocycles. The zero-order valence-electron chi connectivity index (χ0n) is 17.8. The molecule has 0 aliphatic heterocycles. The highest BCUT2D eigenvalue weighted by Gasteiger charge is 2.27. The van der Waals surface area contributed by atoms with Gasteiger partial charge >= 0.3 is 5.97 Å². The molecule has 0 radical (unpaired) electrons. The van der Waals surface area contributed by atoms with E-state index in [9.17, 15) is 4.79 Å². The standard InChI is InChI=1S/C26H25NO3S/c1-18(16-26(2,3)30-25(28)22-10-14-24(31)15-11-22)29-23-12-8-21(9-13-23)20-6-4-19(17-27)5-7-20/h4-15,18,31H,16H2,1-3H3. The highest BCUT2D eigenvalue weighted by atomic mass is 32.1. The van der Waals surface area contributed by atoms with E-state index in [4.69, 9.17) is 14.7 Å². The van der Waals surface area contributed by atoms with Crippen LogP contribution in [0.3, 0.4) is 0 Å². The quantitative estimate of drug-likeness (QED) is 0.352. The number of hydrogen-bond acceptors (Lipinski definition) is 5. The smallest absolute Gasteiger partial charge is 0.338 e. The molecule has 1 unspecified atom stereocenters. The molecule has 5 heteroatoms. The number of rotatable bonds is 7. The number of carbonyl (C=O) groups excluding carboxylic acids is 1. The zero-order chi connectivity index (χ0) is 22.4. The highest BCUT2D eigenvalue weighted by Crippen LogP contribution is 2.26. The van der Waals surface area contributed by atoms with Gasteiger partial charge < -0.3 is 9.47 Å². The van der Waals surface area contributed by atoms with E-state index < -0.39 is 5.60 Å². The SMILES string of the molecule is CC(CC(C)(C)OC(=O)c1ccc(S)cc1)Oc1ccc(-c2ccc(C#N)cc2)cc1. The molecule has 0 saturated carbocycles. The fraction of sp³-hybridized carbons (Fsp3) is 0.231. The summed E-state index contributed by atoms with van der Waals surface area (Å²) in [6.07, 6.45) is 0.393. The Morgan fingerprint density at radius 1 is 0.968 bits per heavy atom. The van der Waals surface area contributed by atoms with Gasteiger partial charge in [-0.05, 0) is 80.4 Å². The molecule has 4 nitrogen and oxygen atoms in total. The Morgan fingerprint density at radius 2 is 1.52 bits per heavy atom. The molecule has 0 aromatic heterocycles. The van der Waals surface area contributed by atoms with E-state index in [1.807, 2.05) is 57.2 Å². The van der Waals surface area contributed by atoms with E-state index in [1.54, 1.807) is 36.4 Å². The first-order valence-corrected chi connectivity index (χ1v) is 10.5. The molecule has 0 aliphatic rings. The Kier molecular flexibility index (Phi) is 7.04. The predicted molar refractivity (Wildman–Crippen MR) is 124 cm³/mol. The maximum absolute atomic E-state index is 12.4. The molecule has 1 atom stereocenters. The number of carbonyl (C=O) groups is 1. The van der Waals surface area contributed by atoms with Crippen LogP contribution in [0.4, 0.5) is 0 Å². The Bertz CT molecular complexity index is 1070. The summed E-state index contributed by atoms with van der Waals surface area (Å²) in [7, 11) is 0. The van der Waals surface area contributed by atoms with Crippen LogP contribution in [0.5, 0.6) is 5.75 Å². The molecule has 3 rings (SSSR count). The van der Waals surface area contributed by atoms with Crippen LogP contribution >= 0.6 is 12.6 Å². The van der Waals surface area contributed by atoms with Gasteiger partial charge in [0.25, 0.3) is 0 Å². The molecule has 31 heavy (non-hydrogen) atoms. The molecule has 3 aromatic rings. The number of thiol groups is 1. The molecular formula is C26H25NO3S. The van der Waals surface area contributed by atoms with Crippen molar-refractivity contribution in [2.75, 3.05) is 0 Å². The minimum atomic E-state index is -0.682. The summed E-state index contributed by atoms with van der Waals surface area (Å²) in [6, 6.07) is 24.3. The Labute approximate surface area is 188 Å². The average molecular weight is 432 g/mol. The van der Waals surface area contributed by atoms with Crippen molar-refractivity contribution in [3.63, 3.8) is 0 Å². The minimum absolute atomic E-state index is 0.150. The lowest BCUT2D eigenvalue weighted by Gasteiger charge is -2.28. The van der Waals surface area contributed by atoms with E-state index in [1.165, 1.54) is 0 Å². The topological polar surface area (TPSA) is 59.3 Å². The maximum Gasteiger partial charge on any atom is 0.338 e. The van der Waals surface area contributed by atoms with Gasteiger partial charge in [-0.2, -0.15) is 5.26 Å². The molecule has 0 saturated heterocycles. The van der Waals surface area contributed by atoms with Gasteiger partial charge in [-0.1, -0.05) is 24.3 Å². The third-order valence-corrected chi connectivity index (χ3v) is 5.09. The van der Waals surface area contributed by atoms with Gasteiger partial charge in [0.05, 0.1) is 23.3 Å². The van der Waals surface area contributed by atoms with Crippen LogP contribution in [0.1, 0.15) is 43.1 Å². The summed E-state index contributed by atoms with van der Waals surface area (Å²) in [6.45, 7) is 5.72. The highest BCUT2D eigenvalue weighted by molar-refractivity contribution is 7.80. The minimum Gasteiger partial charge on any atom is -0.491 e. The fourth-order valence-corrected chi connectivity index (χ4v) is 3.53. The van der Waals surface area contributed by atoms with Crippen LogP contribution in [-0.4, -0.2) is 17.7 Å². The van der Waals surface area contributed by atoms with E-state index >= 15 is 0 Å². The largest absolute Gasteiger partial charge is 0.491 e. The third-order valence-electron chi connectivity index (χ3n) is 4.79. The first kappa shape index (κ1) is 22.5. The molecule has 0 amide bonds. The number of esters is 1. The lowest BCUT2D eigenvalue weighted by atomic mass is 10.0. The molecule has 0 spiro atoms. The molecule has 0 N–H and O–H groups in total. The van der Waals surface area contributed by atoms with Gasteiger partial charge in [0.2, 0.25) is 0 Å². The maximum atomic E-state index is 12.4. The Balaban J connectivity index is 1.57. The lowest BCUT2D eigenvalue weighted by Crippen LogP contribution is -2.33. The monoisotopic (exact) mass is 431 g/mol. The second kappa shape index (κ2) is 9.72. The van der Waals surface area contributed by atoms with Gasteiger partial charge in [-0.25, -0.2) is 4.79 Å². The second-order valence-electron chi connectivity index (χ2n) is 8.04. The van der Waals surface area contributed by atoms with E-state index in [0.29, 0.717) is 17.5 Å². The van der Waals surface area contributed by atoms with Crippen LogP contribution < -0.4 is 4.74 Å². The summed E-state index contributed by atoms with van der Waals surface area (Å²) in [4.78, 5) is 13.2. The molecular weight excluding hydrogens is 406 g/mol. The van der Waals surface area contributed by atoms with Crippen LogP contribution in [0, 0.1) is 11.3 Å². The van der Waals surface area contributed by atoms with E-state index in [0.717, 1.165) is 21.8 Å². The Hall–Kier alpha value is -3.23. The van der Waals surface area contributed by atoms with Crippen molar-refractivity contribution < 1.29 is 14.3 Å². The Morgan fingerprint density at radius 3 is 2.06 bits per heavy atom. The molecule has 3 aromatic carbocycles. The van der Waals surface area contributed by atoms with Gasteiger partial charge in [0.15, 0.2) is 0 Å². The number of ether oxygens (including phenoxy) is 2.